The lowest BCUT2D eigenvalue weighted by molar-refractivity contribution is -0.162. The van der Waals surface area contributed by atoms with Gasteiger partial charge in [0.1, 0.15) is 6.61 Å². The Balaban J connectivity index is 2.61. The molecule has 1 amide bonds. The van der Waals surface area contributed by atoms with E-state index in [1.165, 1.54) is 7.11 Å². The lowest BCUT2D eigenvalue weighted by atomic mass is 10.1. The van der Waals surface area contributed by atoms with Crippen molar-refractivity contribution in [1.82, 2.24) is 4.90 Å². The molecule has 1 heterocycles. The third-order valence-corrected chi connectivity index (χ3v) is 2.36. The van der Waals surface area contributed by atoms with E-state index in [4.69, 9.17) is 15.2 Å². The van der Waals surface area contributed by atoms with E-state index in [-0.39, 0.29) is 24.2 Å². The van der Waals surface area contributed by atoms with E-state index < -0.39 is 0 Å². The maximum atomic E-state index is 11.7. The minimum atomic E-state index is -0.328. The Morgan fingerprint density at radius 3 is 2.87 bits per heavy atom. The van der Waals surface area contributed by atoms with E-state index in [0.29, 0.717) is 19.6 Å². The van der Waals surface area contributed by atoms with Crippen LogP contribution in [-0.2, 0) is 14.3 Å². The molecule has 1 unspecified atom stereocenters. The largest absolute Gasteiger partial charge is 0.375 e. The molecule has 1 aliphatic rings. The molecule has 2 N–H and O–H groups in total. The highest BCUT2D eigenvalue weighted by Gasteiger charge is 2.34. The molecule has 0 aromatic rings. The van der Waals surface area contributed by atoms with Crippen molar-refractivity contribution in [3.8, 4) is 0 Å². The van der Waals surface area contributed by atoms with Gasteiger partial charge in [-0.1, -0.05) is 0 Å². The van der Waals surface area contributed by atoms with Gasteiger partial charge in [0.15, 0.2) is 0 Å². The Labute approximate surface area is 90.5 Å². The van der Waals surface area contributed by atoms with Crippen molar-refractivity contribution in [2.24, 2.45) is 5.73 Å². The minimum Gasteiger partial charge on any atom is -0.375 e. The molecule has 0 spiro atoms. The lowest BCUT2D eigenvalue weighted by Gasteiger charge is -2.42. The highest BCUT2D eigenvalue weighted by molar-refractivity contribution is 5.77. The van der Waals surface area contributed by atoms with Crippen LogP contribution in [0.2, 0.25) is 0 Å². The van der Waals surface area contributed by atoms with E-state index in [2.05, 4.69) is 0 Å². The molecule has 88 valence electrons. The predicted molar refractivity (Wildman–Crippen MR) is 56.5 cm³/mol. The zero-order chi connectivity index (χ0) is 11.5. The lowest BCUT2D eigenvalue weighted by Crippen LogP contribution is -2.57. The SMILES string of the molecule is COCC(=O)N1CC(CN)OC(C)(C)C1. The van der Waals surface area contributed by atoms with Gasteiger partial charge < -0.3 is 20.1 Å². The molecule has 0 radical (unpaired) electrons. The summed E-state index contributed by atoms with van der Waals surface area (Å²) in [5.41, 5.74) is 5.24. The zero-order valence-electron chi connectivity index (χ0n) is 9.66. The van der Waals surface area contributed by atoms with Gasteiger partial charge in [0.2, 0.25) is 5.91 Å². The number of nitrogens with zero attached hydrogens (tertiary/aromatic N) is 1. The van der Waals surface area contributed by atoms with Crippen molar-refractivity contribution in [2.45, 2.75) is 25.6 Å². The van der Waals surface area contributed by atoms with Crippen LogP contribution in [0.4, 0.5) is 0 Å². The Kier molecular flexibility index (Phi) is 4.07. The first-order chi connectivity index (χ1) is 6.98. The number of nitrogens with two attached hydrogens (primary N) is 1. The Hall–Kier alpha value is -0.650. The fourth-order valence-electron chi connectivity index (χ4n) is 1.82. The summed E-state index contributed by atoms with van der Waals surface area (Å²) in [6, 6.07) is 0. The normalized spacial score (nSPS) is 25.3. The van der Waals surface area contributed by atoms with Crippen molar-refractivity contribution in [3.05, 3.63) is 0 Å². The van der Waals surface area contributed by atoms with Crippen LogP contribution >= 0.6 is 0 Å². The number of morpholine rings is 1. The Bertz CT molecular complexity index is 231. The number of carbonyl (C=O) groups is 1. The smallest absolute Gasteiger partial charge is 0.248 e. The summed E-state index contributed by atoms with van der Waals surface area (Å²) in [6.45, 7) is 5.62. The molecule has 1 aliphatic heterocycles. The van der Waals surface area contributed by atoms with Crippen LogP contribution in [0.5, 0.6) is 0 Å². The molecule has 0 saturated carbocycles. The van der Waals surface area contributed by atoms with Crippen LogP contribution < -0.4 is 5.73 Å². The number of hydrogen-bond donors (Lipinski definition) is 1. The molecule has 1 fully saturated rings. The molecular weight excluding hydrogens is 196 g/mol. The van der Waals surface area contributed by atoms with E-state index >= 15 is 0 Å². The molecule has 1 atom stereocenters. The van der Waals surface area contributed by atoms with Gasteiger partial charge in [-0.25, -0.2) is 0 Å². The first-order valence-electron chi connectivity index (χ1n) is 5.13. The maximum absolute atomic E-state index is 11.7. The summed E-state index contributed by atoms with van der Waals surface area (Å²) in [5.74, 6) is -0.00711. The molecule has 0 bridgehead atoms. The van der Waals surface area contributed by atoms with E-state index in [1.807, 2.05) is 13.8 Å². The summed E-state index contributed by atoms with van der Waals surface area (Å²) in [5, 5.41) is 0. The maximum Gasteiger partial charge on any atom is 0.248 e. The molecule has 1 saturated heterocycles. The molecular formula is C10H20N2O3. The van der Waals surface area contributed by atoms with Crippen molar-refractivity contribution in [2.75, 3.05) is 33.4 Å². The van der Waals surface area contributed by atoms with Gasteiger partial charge >= 0.3 is 0 Å². The molecule has 5 nitrogen and oxygen atoms in total. The minimum absolute atomic E-state index is 0.00711. The van der Waals surface area contributed by atoms with Gasteiger partial charge in [-0.05, 0) is 13.8 Å². The number of ether oxygens (including phenoxy) is 2. The second kappa shape index (κ2) is 4.92. The van der Waals surface area contributed by atoms with Gasteiger partial charge in [0.25, 0.3) is 0 Å². The number of carbonyl (C=O) groups excluding carboxylic acids is 1. The number of rotatable bonds is 3. The van der Waals surface area contributed by atoms with Crippen LogP contribution in [0.15, 0.2) is 0 Å². The summed E-state index contributed by atoms with van der Waals surface area (Å²) in [6.07, 6.45) is -0.0745. The second-order valence-corrected chi connectivity index (χ2v) is 4.44. The van der Waals surface area contributed by atoms with Gasteiger partial charge in [-0.3, -0.25) is 4.79 Å². The summed E-state index contributed by atoms with van der Waals surface area (Å²) >= 11 is 0. The fourth-order valence-corrected chi connectivity index (χ4v) is 1.82. The third-order valence-electron chi connectivity index (χ3n) is 2.36. The Morgan fingerprint density at radius 1 is 1.67 bits per heavy atom. The number of hydrogen-bond acceptors (Lipinski definition) is 4. The number of methoxy groups -OCH3 is 1. The third kappa shape index (κ3) is 3.44. The molecule has 5 heteroatoms. The Morgan fingerprint density at radius 2 is 2.33 bits per heavy atom. The fraction of sp³-hybridized carbons (Fsp3) is 0.900. The second-order valence-electron chi connectivity index (χ2n) is 4.44. The highest BCUT2D eigenvalue weighted by atomic mass is 16.5. The average Bonchev–Trinajstić information content (AvgIpc) is 2.15. The molecule has 1 rings (SSSR count). The molecule has 0 aromatic heterocycles. The van der Waals surface area contributed by atoms with Gasteiger partial charge in [0, 0.05) is 26.7 Å². The van der Waals surface area contributed by atoms with Crippen molar-refractivity contribution >= 4 is 5.91 Å². The highest BCUT2D eigenvalue weighted by Crippen LogP contribution is 2.20. The zero-order valence-corrected chi connectivity index (χ0v) is 9.66. The van der Waals surface area contributed by atoms with Gasteiger partial charge in [0.05, 0.1) is 11.7 Å². The first kappa shape index (κ1) is 12.4. The van der Waals surface area contributed by atoms with Crippen LogP contribution in [0.1, 0.15) is 13.8 Å². The molecule has 15 heavy (non-hydrogen) atoms. The van der Waals surface area contributed by atoms with E-state index in [1.54, 1.807) is 4.90 Å². The first-order valence-corrected chi connectivity index (χ1v) is 5.13. The van der Waals surface area contributed by atoms with Crippen LogP contribution in [-0.4, -0.2) is 55.9 Å². The molecule has 0 aliphatic carbocycles. The van der Waals surface area contributed by atoms with E-state index in [0.717, 1.165) is 0 Å². The predicted octanol–water partition coefficient (Wildman–Crippen LogP) is -0.402. The van der Waals surface area contributed by atoms with Crippen molar-refractivity contribution in [3.63, 3.8) is 0 Å². The standard InChI is InChI=1S/C10H20N2O3/c1-10(2)7-12(9(13)6-14-3)5-8(4-11)15-10/h8H,4-7,11H2,1-3H3. The topological polar surface area (TPSA) is 64.8 Å². The summed E-state index contributed by atoms with van der Waals surface area (Å²) in [4.78, 5) is 13.4. The average molecular weight is 216 g/mol. The van der Waals surface area contributed by atoms with Crippen LogP contribution in [0, 0.1) is 0 Å². The number of amides is 1. The van der Waals surface area contributed by atoms with Crippen LogP contribution in [0.3, 0.4) is 0 Å². The van der Waals surface area contributed by atoms with Crippen molar-refractivity contribution < 1.29 is 14.3 Å². The monoisotopic (exact) mass is 216 g/mol. The van der Waals surface area contributed by atoms with Crippen LogP contribution in [0.25, 0.3) is 0 Å². The van der Waals surface area contributed by atoms with Crippen molar-refractivity contribution in [1.29, 1.82) is 0 Å². The van der Waals surface area contributed by atoms with E-state index in [9.17, 15) is 4.79 Å². The summed E-state index contributed by atoms with van der Waals surface area (Å²) < 4.78 is 10.6. The quantitative estimate of drug-likeness (QED) is 0.697. The summed E-state index contributed by atoms with van der Waals surface area (Å²) in [7, 11) is 1.52. The van der Waals surface area contributed by atoms with Gasteiger partial charge in [-0.15, -0.1) is 0 Å². The van der Waals surface area contributed by atoms with Gasteiger partial charge in [-0.2, -0.15) is 0 Å². The molecule has 0 aromatic carbocycles.